The number of piperidine rings is 2. The zero-order valence-corrected chi connectivity index (χ0v) is 14.8. The molecule has 0 aliphatic carbocycles. The zero-order valence-electron chi connectivity index (χ0n) is 14.8. The molecule has 1 unspecified atom stereocenters. The maximum atomic E-state index is 12.2. The summed E-state index contributed by atoms with van der Waals surface area (Å²) in [5, 5.41) is 17.7. The van der Waals surface area contributed by atoms with E-state index in [1.54, 1.807) is 6.20 Å². The molecule has 3 N–H and O–H groups in total. The predicted octanol–water partition coefficient (Wildman–Crippen LogP) is 1.63. The second-order valence-electron chi connectivity index (χ2n) is 7.42. The molecule has 2 amide bonds. The molecule has 0 radical (unpaired) electrons. The summed E-state index contributed by atoms with van der Waals surface area (Å²) in [6.45, 7) is 3.58. The molecule has 1 aromatic heterocycles. The molecule has 0 saturated carbocycles. The Balaban J connectivity index is 1.75. The summed E-state index contributed by atoms with van der Waals surface area (Å²) in [6, 6.07) is 5.99. The number of nitrogens with one attached hydrogen (secondary N) is 2. The minimum atomic E-state index is -0.825. The van der Waals surface area contributed by atoms with Gasteiger partial charge >= 0.3 is 0 Å². The summed E-state index contributed by atoms with van der Waals surface area (Å²) in [7, 11) is 0. The zero-order chi connectivity index (χ0) is 18.3. The van der Waals surface area contributed by atoms with Crippen LogP contribution in [0.5, 0.6) is 0 Å². The van der Waals surface area contributed by atoms with Crippen molar-refractivity contribution in [2.75, 3.05) is 13.1 Å². The van der Waals surface area contributed by atoms with Gasteiger partial charge in [0, 0.05) is 18.0 Å². The van der Waals surface area contributed by atoms with E-state index < -0.39 is 5.60 Å². The van der Waals surface area contributed by atoms with E-state index >= 15 is 0 Å². The van der Waals surface area contributed by atoms with Crippen molar-refractivity contribution in [2.24, 2.45) is 0 Å². The van der Waals surface area contributed by atoms with E-state index in [1.807, 2.05) is 25.1 Å². The SMILES string of the molecule is Cc1cc(C2(O)CCNCC2)cc2cc(C3CCC(=O)NC3=O)cnc12. The lowest BCUT2D eigenvalue weighted by atomic mass is 9.83. The number of amides is 2. The van der Waals surface area contributed by atoms with Crippen LogP contribution in [0.3, 0.4) is 0 Å². The van der Waals surface area contributed by atoms with Gasteiger partial charge < -0.3 is 10.4 Å². The van der Waals surface area contributed by atoms with Crippen molar-refractivity contribution in [1.29, 1.82) is 0 Å². The summed E-state index contributed by atoms with van der Waals surface area (Å²) in [4.78, 5) is 28.1. The molecule has 0 bridgehead atoms. The Hall–Kier alpha value is -2.31. The summed E-state index contributed by atoms with van der Waals surface area (Å²) in [5.41, 5.74) is 2.79. The maximum absolute atomic E-state index is 12.2. The molecule has 0 spiro atoms. The van der Waals surface area contributed by atoms with Crippen LogP contribution in [-0.4, -0.2) is 35.0 Å². The minimum absolute atomic E-state index is 0.216. The van der Waals surface area contributed by atoms with Crippen LogP contribution in [0.15, 0.2) is 24.4 Å². The number of hydrogen-bond acceptors (Lipinski definition) is 5. The third-order valence-corrected chi connectivity index (χ3v) is 5.60. The standard InChI is InChI=1S/C20H23N3O3/c1-12-8-15(20(26)4-6-21-7-5-20)10-13-9-14(11-22-18(12)13)16-2-3-17(24)23-19(16)25/h8-11,16,21,26H,2-7H2,1H3,(H,23,24,25). The number of rotatable bonds is 2. The Morgan fingerprint density at radius 3 is 2.69 bits per heavy atom. The molecule has 3 heterocycles. The van der Waals surface area contributed by atoms with Crippen molar-refractivity contribution < 1.29 is 14.7 Å². The lowest BCUT2D eigenvalue weighted by Gasteiger charge is -2.33. The van der Waals surface area contributed by atoms with Crippen LogP contribution in [0.2, 0.25) is 0 Å². The van der Waals surface area contributed by atoms with Gasteiger partial charge in [-0.3, -0.25) is 19.9 Å². The van der Waals surface area contributed by atoms with Crippen molar-refractivity contribution in [1.82, 2.24) is 15.6 Å². The lowest BCUT2D eigenvalue weighted by Crippen LogP contribution is -2.39. The number of carbonyl (C=O) groups is 2. The number of pyridine rings is 1. The van der Waals surface area contributed by atoms with Gasteiger partial charge in [0.05, 0.1) is 17.0 Å². The first-order chi connectivity index (χ1) is 12.5. The monoisotopic (exact) mass is 353 g/mol. The van der Waals surface area contributed by atoms with Gasteiger partial charge in [0.25, 0.3) is 0 Å². The van der Waals surface area contributed by atoms with Crippen molar-refractivity contribution in [3.05, 3.63) is 41.1 Å². The second kappa shape index (κ2) is 6.45. The molecule has 2 saturated heterocycles. The van der Waals surface area contributed by atoms with Crippen LogP contribution in [-0.2, 0) is 15.2 Å². The van der Waals surface area contributed by atoms with Crippen LogP contribution in [0.25, 0.3) is 10.9 Å². The fourth-order valence-corrected chi connectivity index (χ4v) is 4.05. The topological polar surface area (TPSA) is 91.3 Å². The lowest BCUT2D eigenvalue weighted by molar-refractivity contribution is -0.134. The van der Waals surface area contributed by atoms with Crippen LogP contribution in [0, 0.1) is 6.92 Å². The van der Waals surface area contributed by atoms with Crippen molar-refractivity contribution in [2.45, 2.75) is 44.1 Å². The summed E-state index contributed by atoms with van der Waals surface area (Å²) < 4.78 is 0. The molecule has 2 aromatic rings. The van der Waals surface area contributed by atoms with E-state index in [-0.39, 0.29) is 17.7 Å². The number of benzene rings is 1. The highest BCUT2D eigenvalue weighted by atomic mass is 16.3. The van der Waals surface area contributed by atoms with Gasteiger partial charge in [-0.05, 0) is 68.1 Å². The Bertz CT molecular complexity index is 887. The summed E-state index contributed by atoms with van der Waals surface area (Å²) in [6.07, 6.45) is 3.94. The smallest absolute Gasteiger partial charge is 0.234 e. The summed E-state index contributed by atoms with van der Waals surface area (Å²) >= 11 is 0. The van der Waals surface area contributed by atoms with Crippen LogP contribution < -0.4 is 10.6 Å². The molecular formula is C20H23N3O3. The molecule has 2 aliphatic heterocycles. The average Bonchev–Trinajstić information content (AvgIpc) is 2.62. The first-order valence-electron chi connectivity index (χ1n) is 9.14. The van der Waals surface area contributed by atoms with Crippen molar-refractivity contribution in [3.63, 3.8) is 0 Å². The quantitative estimate of drug-likeness (QED) is 0.714. The number of aromatic nitrogens is 1. The molecule has 26 heavy (non-hydrogen) atoms. The van der Waals surface area contributed by atoms with Crippen molar-refractivity contribution >= 4 is 22.7 Å². The van der Waals surface area contributed by atoms with Gasteiger partial charge in [-0.25, -0.2) is 0 Å². The maximum Gasteiger partial charge on any atom is 0.234 e. The molecule has 2 aliphatic rings. The Labute approximate surface area is 152 Å². The van der Waals surface area contributed by atoms with Crippen LogP contribution in [0.1, 0.15) is 48.3 Å². The second-order valence-corrected chi connectivity index (χ2v) is 7.42. The minimum Gasteiger partial charge on any atom is -0.385 e. The fourth-order valence-electron chi connectivity index (χ4n) is 4.05. The first-order valence-corrected chi connectivity index (χ1v) is 9.14. The normalized spacial score (nSPS) is 23.1. The molecule has 6 nitrogen and oxygen atoms in total. The third kappa shape index (κ3) is 2.99. The number of carbonyl (C=O) groups excluding carboxylic acids is 2. The number of nitrogens with zero attached hydrogens (tertiary/aromatic N) is 1. The van der Waals surface area contributed by atoms with Gasteiger partial charge in [-0.1, -0.05) is 6.07 Å². The van der Waals surface area contributed by atoms with E-state index in [0.717, 1.165) is 40.7 Å². The molecule has 6 heteroatoms. The predicted molar refractivity (Wildman–Crippen MR) is 97.6 cm³/mol. The van der Waals surface area contributed by atoms with E-state index in [0.29, 0.717) is 25.7 Å². The Kier molecular flexibility index (Phi) is 4.25. The van der Waals surface area contributed by atoms with Crippen LogP contribution in [0.4, 0.5) is 0 Å². The van der Waals surface area contributed by atoms with Gasteiger partial charge in [0.15, 0.2) is 0 Å². The number of aliphatic hydroxyl groups is 1. The molecule has 136 valence electrons. The third-order valence-electron chi connectivity index (χ3n) is 5.60. The number of fused-ring (bicyclic) bond motifs is 1. The molecular weight excluding hydrogens is 330 g/mol. The fraction of sp³-hybridized carbons (Fsp3) is 0.450. The van der Waals surface area contributed by atoms with E-state index in [9.17, 15) is 14.7 Å². The largest absolute Gasteiger partial charge is 0.385 e. The van der Waals surface area contributed by atoms with Gasteiger partial charge in [0.2, 0.25) is 11.8 Å². The Morgan fingerprint density at radius 1 is 1.19 bits per heavy atom. The highest BCUT2D eigenvalue weighted by Crippen LogP contribution is 2.34. The highest BCUT2D eigenvalue weighted by Gasteiger charge is 2.32. The van der Waals surface area contributed by atoms with E-state index in [2.05, 4.69) is 15.6 Å². The van der Waals surface area contributed by atoms with E-state index in [4.69, 9.17) is 0 Å². The first kappa shape index (κ1) is 17.1. The highest BCUT2D eigenvalue weighted by molar-refractivity contribution is 6.01. The van der Waals surface area contributed by atoms with Crippen LogP contribution >= 0.6 is 0 Å². The molecule has 1 aromatic carbocycles. The number of hydrogen-bond donors (Lipinski definition) is 3. The molecule has 2 fully saturated rings. The van der Waals surface area contributed by atoms with Gasteiger partial charge in [-0.2, -0.15) is 0 Å². The van der Waals surface area contributed by atoms with Gasteiger partial charge in [0.1, 0.15) is 0 Å². The number of imide groups is 1. The van der Waals surface area contributed by atoms with Crippen molar-refractivity contribution in [3.8, 4) is 0 Å². The van der Waals surface area contributed by atoms with Gasteiger partial charge in [-0.15, -0.1) is 0 Å². The Morgan fingerprint density at radius 2 is 1.96 bits per heavy atom. The molecule has 1 atom stereocenters. The molecule has 4 rings (SSSR count). The van der Waals surface area contributed by atoms with E-state index in [1.165, 1.54) is 0 Å². The summed E-state index contributed by atoms with van der Waals surface area (Å²) in [5.74, 6) is -0.825. The average molecular weight is 353 g/mol. The number of aryl methyl sites for hydroxylation is 1.